The van der Waals surface area contributed by atoms with Crippen molar-refractivity contribution < 1.29 is 19.0 Å². The van der Waals surface area contributed by atoms with E-state index >= 15 is 0 Å². The van der Waals surface area contributed by atoms with Crippen LogP contribution in [-0.4, -0.2) is 63.0 Å². The largest absolute Gasteiger partial charge is 0.492 e. The third-order valence-corrected chi connectivity index (χ3v) is 4.35. The average Bonchev–Trinajstić information content (AvgIpc) is 2.76. The van der Waals surface area contributed by atoms with Gasteiger partial charge in [-0.25, -0.2) is 0 Å². The van der Waals surface area contributed by atoms with Gasteiger partial charge in [0.25, 0.3) is 0 Å². The summed E-state index contributed by atoms with van der Waals surface area (Å²) in [7, 11) is 1.65. The minimum absolute atomic E-state index is 0.0248. The Kier molecular flexibility index (Phi) is 5.48. The van der Waals surface area contributed by atoms with Crippen molar-refractivity contribution >= 4 is 5.91 Å². The summed E-state index contributed by atoms with van der Waals surface area (Å²) in [6.45, 7) is 3.63. The van der Waals surface area contributed by atoms with Crippen LogP contribution in [0.4, 0.5) is 0 Å². The standard InChI is InChI=1S/C17H24N2O4/c1-21-16-12-22-8-6-14(16)18-17(20)11-19-7-9-23-15-5-3-2-4-13(15)10-19/h2-5,14,16H,6-12H2,1H3,(H,18,20)/t14-,16-/m1/s1. The fraction of sp³-hybridized carbons (Fsp3) is 0.588. The maximum Gasteiger partial charge on any atom is 0.234 e. The lowest BCUT2D eigenvalue weighted by Gasteiger charge is -2.31. The van der Waals surface area contributed by atoms with Crippen LogP contribution in [0.3, 0.4) is 0 Å². The minimum Gasteiger partial charge on any atom is -0.492 e. The van der Waals surface area contributed by atoms with E-state index in [0.29, 0.717) is 26.4 Å². The van der Waals surface area contributed by atoms with Crippen molar-refractivity contribution in [3.8, 4) is 5.75 Å². The lowest BCUT2D eigenvalue weighted by molar-refractivity contribution is -0.126. The molecule has 1 N–H and O–H groups in total. The number of ether oxygens (including phenoxy) is 3. The van der Waals surface area contributed by atoms with Gasteiger partial charge in [-0.1, -0.05) is 18.2 Å². The van der Waals surface area contributed by atoms with Crippen LogP contribution < -0.4 is 10.1 Å². The molecule has 1 saturated heterocycles. The first kappa shape index (κ1) is 16.2. The molecule has 0 unspecified atom stereocenters. The van der Waals surface area contributed by atoms with Crippen molar-refractivity contribution in [1.29, 1.82) is 0 Å². The molecule has 1 aromatic carbocycles. The first-order chi connectivity index (χ1) is 11.3. The Morgan fingerprint density at radius 1 is 1.39 bits per heavy atom. The Morgan fingerprint density at radius 3 is 3.13 bits per heavy atom. The van der Waals surface area contributed by atoms with Crippen molar-refractivity contribution in [2.24, 2.45) is 0 Å². The summed E-state index contributed by atoms with van der Waals surface area (Å²) in [6.07, 6.45) is 0.719. The second kappa shape index (κ2) is 7.77. The molecule has 0 spiro atoms. The van der Waals surface area contributed by atoms with E-state index in [0.717, 1.165) is 30.8 Å². The van der Waals surface area contributed by atoms with Crippen LogP contribution in [0.2, 0.25) is 0 Å². The molecule has 0 radical (unpaired) electrons. The number of hydrogen-bond donors (Lipinski definition) is 1. The second-order valence-corrected chi connectivity index (χ2v) is 5.98. The van der Waals surface area contributed by atoms with E-state index in [9.17, 15) is 4.79 Å². The van der Waals surface area contributed by atoms with Crippen molar-refractivity contribution in [1.82, 2.24) is 10.2 Å². The zero-order valence-corrected chi connectivity index (χ0v) is 13.5. The molecular formula is C17H24N2O4. The van der Waals surface area contributed by atoms with E-state index in [4.69, 9.17) is 14.2 Å². The second-order valence-electron chi connectivity index (χ2n) is 5.98. The van der Waals surface area contributed by atoms with E-state index < -0.39 is 0 Å². The molecule has 2 atom stereocenters. The van der Waals surface area contributed by atoms with Gasteiger partial charge in [0.2, 0.25) is 5.91 Å². The van der Waals surface area contributed by atoms with Crippen LogP contribution in [0, 0.1) is 0 Å². The van der Waals surface area contributed by atoms with Crippen molar-refractivity contribution in [2.45, 2.75) is 25.1 Å². The van der Waals surface area contributed by atoms with E-state index in [-0.39, 0.29) is 18.1 Å². The molecule has 23 heavy (non-hydrogen) atoms. The van der Waals surface area contributed by atoms with Crippen LogP contribution in [-0.2, 0) is 20.8 Å². The Morgan fingerprint density at radius 2 is 2.26 bits per heavy atom. The monoisotopic (exact) mass is 320 g/mol. The zero-order valence-electron chi connectivity index (χ0n) is 13.5. The number of fused-ring (bicyclic) bond motifs is 1. The Hall–Kier alpha value is -1.63. The summed E-state index contributed by atoms with van der Waals surface area (Å²) in [6, 6.07) is 8.01. The Bertz CT molecular complexity index is 537. The maximum absolute atomic E-state index is 12.4. The summed E-state index contributed by atoms with van der Waals surface area (Å²) >= 11 is 0. The molecule has 0 aromatic heterocycles. The molecular weight excluding hydrogens is 296 g/mol. The van der Waals surface area contributed by atoms with Crippen molar-refractivity contribution in [3.63, 3.8) is 0 Å². The molecule has 1 aromatic rings. The molecule has 6 nitrogen and oxygen atoms in total. The smallest absolute Gasteiger partial charge is 0.234 e. The summed E-state index contributed by atoms with van der Waals surface area (Å²) in [5.41, 5.74) is 1.12. The Balaban J connectivity index is 1.55. The third kappa shape index (κ3) is 4.22. The summed E-state index contributed by atoms with van der Waals surface area (Å²) < 4.78 is 16.5. The highest BCUT2D eigenvalue weighted by Gasteiger charge is 2.27. The molecule has 1 fully saturated rings. The van der Waals surface area contributed by atoms with Gasteiger partial charge in [0.1, 0.15) is 18.5 Å². The SMILES string of the molecule is CO[C@@H]1COCC[C@H]1NC(=O)CN1CCOc2ccccc2C1. The Labute approximate surface area is 136 Å². The van der Waals surface area contributed by atoms with Crippen molar-refractivity contribution in [2.75, 3.05) is 40.0 Å². The number of amides is 1. The lowest BCUT2D eigenvalue weighted by atomic mass is 10.1. The number of methoxy groups -OCH3 is 1. The maximum atomic E-state index is 12.4. The molecule has 2 heterocycles. The summed E-state index contributed by atoms with van der Waals surface area (Å²) in [4.78, 5) is 14.5. The summed E-state index contributed by atoms with van der Waals surface area (Å²) in [5, 5.41) is 3.09. The number of carbonyl (C=O) groups excluding carboxylic acids is 1. The fourth-order valence-corrected chi connectivity index (χ4v) is 3.08. The summed E-state index contributed by atoms with van der Waals surface area (Å²) in [5.74, 6) is 0.942. The zero-order chi connectivity index (χ0) is 16.1. The molecule has 0 saturated carbocycles. The average molecular weight is 320 g/mol. The van der Waals surface area contributed by atoms with Gasteiger partial charge >= 0.3 is 0 Å². The van der Waals surface area contributed by atoms with Crippen molar-refractivity contribution in [3.05, 3.63) is 29.8 Å². The van der Waals surface area contributed by atoms with Gasteiger partial charge in [-0.05, 0) is 12.5 Å². The number of carbonyl (C=O) groups is 1. The van der Waals surface area contributed by atoms with E-state index in [1.54, 1.807) is 7.11 Å². The number of hydrogen-bond acceptors (Lipinski definition) is 5. The molecule has 6 heteroatoms. The van der Waals surface area contributed by atoms with E-state index in [2.05, 4.69) is 10.2 Å². The lowest BCUT2D eigenvalue weighted by Crippen LogP contribution is -2.51. The third-order valence-electron chi connectivity index (χ3n) is 4.35. The molecule has 0 aliphatic carbocycles. The van der Waals surface area contributed by atoms with Gasteiger partial charge in [-0.2, -0.15) is 0 Å². The number of benzene rings is 1. The van der Waals surface area contributed by atoms with Crippen LogP contribution in [0.5, 0.6) is 5.75 Å². The quantitative estimate of drug-likeness (QED) is 0.889. The van der Waals surface area contributed by atoms with Crippen LogP contribution in [0.1, 0.15) is 12.0 Å². The number of para-hydroxylation sites is 1. The number of rotatable bonds is 4. The van der Waals surface area contributed by atoms with Gasteiger partial charge in [0, 0.05) is 32.4 Å². The highest BCUT2D eigenvalue weighted by molar-refractivity contribution is 5.78. The first-order valence-corrected chi connectivity index (χ1v) is 8.09. The van der Waals surface area contributed by atoms with E-state index in [1.807, 2.05) is 24.3 Å². The van der Waals surface area contributed by atoms with Crippen LogP contribution >= 0.6 is 0 Å². The van der Waals surface area contributed by atoms with Gasteiger partial charge < -0.3 is 19.5 Å². The van der Waals surface area contributed by atoms with Gasteiger partial charge in [-0.15, -0.1) is 0 Å². The van der Waals surface area contributed by atoms with Crippen LogP contribution in [0.25, 0.3) is 0 Å². The molecule has 2 aliphatic rings. The normalized spacial score (nSPS) is 25.1. The highest BCUT2D eigenvalue weighted by atomic mass is 16.5. The fourth-order valence-electron chi connectivity index (χ4n) is 3.08. The predicted molar refractivity (Wildman–Crippen MR) is 85.4 cm³/mol. The van der Waals surface area contributed by atoms with Gasteiger partial charge in [-0.3, -0.25) is 9.69 Å². The first-order valence-electron chi connectivity index (χ1n) is 8.09. The predicted octanol–water partition coefficient (Wildman–Crippen LogP) is 0.801. The van der Waals surface area contributed by atoms with E-state index in [1.165, 1.54) is 0 Å². The number of nitrogens with one attached hydrogen (secondary N) is 1. The van der Waals surface area contributed by atoms with Gasteiger partial charge in [0.05, 0.1) is 19.2 Å². The molecule has 126 valence electrons. The molecule has 2 aliphatic heterocycles. The molecule has 0 bridgehead atoms. The minimum atomic E-state index is -0.0686. The van der Waals surface area contributed by atoms with Gasteiger partial charge in [0.15, 0.2) is 0 Å². The highest BCUT2D eigenvalue weighted by Crippen LogP contribution is 2.22. The molecule has 3 rings (SSSR count). The topological polar surface area (TPSA) is 60.0 Å². The molecule has 1 amide bonds. The van der Waals surface area contributed by atoms with Crippen LogP contribution in [0.15, 0.2) is 24.3 Å². The number of nitrogens with zero attached hydrogens (tertiary/aromatic N) is 1.